The molecule has 1 aromatic carbocycles. The van der Waals surface area contributed by atoms with E-state index < -0.39 is 13.5 Å². The summed E-state index contributed by atoms with van der Waals surface area (Å²) in [5.74, 6) is 0.786. The van der Waals surface area contributed by atoms with Crippen LogP contribution in [0.15, 0.2) is 35.1 Å². The third-order valence-electron chi connectivity index (χ3n) is 5.42. The molecular weight excluding hydrogens is 377 g/mol. The zero-order valence-electron chi connectivity index (χ0n) is 16.3. The Hall–Kier alpha value is -1.53. The van der Waals surface area contributed by atoms with Gasteiger partial charge >= 0.3 is 0 Å². The van der Waals surface area contributed by atoms with Crippen molar-refractivity contribution in [3.63, 3.8) is 0 Å². The molecule has 0 amide bonds. The number of aromatic nitrogens is 2. The summed E-state index contributed by atoms with van der Waals surface area (Å²) in [5.41, 5.74) is 1.84. The van der Waals surface area contributed by atoms with Crippen LogP contribution >= 0.6 is 7.37 Å². The van der Waals surface area contributed by atoms with Crippen molar-refractivity contribution in [1.29, 1.82) is 0 Å². The second-order valence-electron chi connectivity index (χ2n) is 7.87. The molecule has 1 aliphatic rings. The molecule has 7 nitrogen and oxygen atoms in total. The number of hydrogen-bond acceptors (Lipinski definition) is 6. The lowest BCUT2D eigenvalue weighted by molar-refractivity contribution is 0.186. The Morgan fingerprint density at radius 2 is 2.11 bits per heavy atom. The van der Waals surface area contributed by atoms with E-state index in [1.807, 2.05) is 31.2 Å². The van der Waals surface area contributed by atoms with Gasteiger partial charge in [0.15, 0.2) is 6.33 Å². The molecule has 1 aliphatic carbocycles. The van der Waals surface area contributed by atoms with Crippen LogP contribution in [-0.2, 0) is 4.57 Å². The van der Waals surface area contributed by atoms with Crippen molar-refractivity contribution >= 4 is 7.37 Å². The van der Waals surface area contributed by atoms with Crippen molar-refractivity contribution in [1.82, 2.24) is 15.5 Å². The Morgan fingerprint density at radius 1 is 1.32 bits per heavy atom. The molecule has 1 fully saturated rings. The predicted octanol–water partition coefficient (Wildman–Crippen LogP) is 3.60. The molecule has 28 heavy (non-hydrogen) atoms. The lowest BCUT2D eigenvalue weighted by Crippen LogP contribution is -2.32. The minimum atomic E-state index is -3.31. The normalized spacial score (nSPS) is 19.8. The van der Waals surface area contributed by atoms with Crippen molar-refractivity contribution in [2.45, 2.75) is 51.2 Å². The van der Waals surface area contributed by atoms with Crippen LogP contribution in [0, 0.1) is 5.92 Å². The maximum atomic E-state index is 12.5. The quantitative estimate of drug-likeness (QED) is 0.545. The van der Waals surface area contributed by atoms with Crippen molar-refractivity contribution in [2.75, 3.05) is 18.9 Å². The third kappa shape index (κ3) is 6.24. The zero-order valence-corrected chi connectivity index (χ0v) is 17.2. The van der Waals surface area contributed by atoms with Gasteiger partial charge < -0.3 is 19.8 Å². The highest BCUT2D eigenvalue weighted by molar-refractivity contribution is 7.58. The molecular formula is C20H30N3O4P. The largest absolute Gasteiger partial charge is 0.391 e. The first-order valence-electron chi connectivity index (χ1n) is 10.0. The number of hydrogen-bond donors (Lipinski definition) is 3. The van der Waals surface area contributed by atoms with Gasteiger partial charge in [0.25, 0.3) is 5.89 Å². The molecule has 154 valence electrons. The van der Waals surface area contributed by atoms with Crippen LogP contribution in [0.2, 0.25) is 0 Å². The summed E-state index contributed by atoms with van der Waals surface area (Å²) < 4.78 is 17.6. The molecule has 1 aromatic heterocycles. The Morgan fingerprint density at radius 3 is 2.82 bits per heavy atom. The van der Waals surface area contributed by atoms with E-state index in [1.165, 1.54) is 12.7 Å². The van der Waals surface area contributed by atoms with Gasteiger partial charge in [-0.2, -0.15) is 4.98 Å². The standard InChI is InChI=1S/C20H30N3O4P/c1-15(17-8-5-9-18(10-17)20-22-14-23-27-20)21-11-19(24)13-28(25,26)12-16-6-3-2-4-7-16/h5,8-10,14-16,19,21,24H,2-4,6-7,11-13H2,1H3,(H,25,26)/t15?,19-/m1/s1. The molecule has 0 saturated heterocycles. The van der Waals surface area contributed by atoms with Gasteiger partial charge in [0.2, 0.25) is 7.37 Å². The third-order valence-corrected chi connectivity index (χ3v) is 7.50. The number of nitrogens with zero attached hydrogens (tertiary/aromatic N) is 2. The molecule has 3 rings (SSSR count). The molecule has 3 atom stereocenters. The number of rotatable bonds is 9. The topological polar surface area (TPSA) is 108 Å². The molecule has 0 spiro atoms. The van der Waals surface area contributed by atoms with E-state index in [1.54, 1.807) is 0 Å². The van der Waals surface area contributed by atoms with Crippen LogP contribution < -0.4 is 5.32 Å². The molecule has 0 radical (unpaired) electrons. The van der Waals surface area contributed by atoms with Crippen molar-refractivity contribution in [2.24, 2.45) is 5.92 Å². The Bertz CT molecular complexity index is 778. The lowest BCUT2D eigenvalue weighted by Gasteiger charge is -2.25. The fraction of sp³-hybridized carbons (Fsp3) is 0.600. The zero-order chi connectivity index (χ0) is 20.0. The SMILES string of the molecule is CC(NC[C@@H](O)CP(=O)(O)CC1CCCCC1)c1cccc(-c2ncno2)c1. The van der Waals surface area contributed by atoms with Gasteiger partial charge in [0.1, 0.15) is 0 Å². The second kappa shape index (κ2) is 9.79. The van der Waals surface area contributed by atoms with Crippen LogP contribution in [0.1, 0.15) is 50.6 Å². The number of benzene rings is 1. The van der Waals surface area contributed by atoms with Gasteiger partial charge in [-0.15, -0.1) is 0 Å². The Balaban J connectivity index is 1.49. The van der Waals surface area contributed by atoms with E-state index in [0.29, 0.717) is 18.0 Å². The summed E-state index contributed by atoms with van der Waals surface area (Å²) in [6.07, 6.45) is 6.39. The smallest absolute Gasteiger partial charge is 0.257 e. The van der Waals surface area contributed by atoms with E-state index in [9.17, 15) is 14.6 Å². The van der Waals surface area contributed by atoms with E-state index in [0.717, 1.165) is 36.8 Å². The van der Waals surface area contributed by atoms with Gasteiger partial charge in [-0.3, -0.25) is 4.57 Å². The van der Waals surface area contributed by atoms with Crippen LogP contribution in [0.25, 0.3) is 11.5 Å². The van der Waals surface area contributed by atoms with E-state index >= 15 is 0 Å². The van der Waals surface area contributed by atoms with Crippen LogP contribution in [0.3, 0.4) is 0 Å². The minimum absolute atomic E-state index is 0.0334. The minimum Gasteiger partial charge on any atom is -0.391 e. The molecule has 3 N–H and O–H groups in total. The average molecular weight is 407 g/mol. The van der Waals surface area contributed by atoms with Crippen LogP contribution in [0.5, 0.6) is 0 Å². The second-order valence-corrected chi connectivity index (χ2v) is 10.3. The van der Waals surface area contributed by atoms with Crippen molar-refractivity contribution in [3.8, 4) is 11.5 Å². The molecule has 2 unspecified atom stereocenters. The van der Waals surface area contributed by atoms with E-state index in [4.69, 9.17) is 4.52 Å². The maximum absolute atomic E-state index is 12.5. The fourth-order valence-electron chi connectivity index (χ4n) is 3.91. The Labute approximate surface area is 166 Å². The van der Waals surface area contributed by atoms with Gasteiger partial charge in [0, 0.05) is 24.3 Å². The van der Waals surface area contributed by atoms with Crippen LogP contribution in [0.4, 0.5) is 0 Å². The summed E-state index contributed by atoms with van der Waals surface area (Å²) in [4.78, 5) is 14.4. The molecule has 2 aromatic rings. The van der Waals surface area contributed by atoms with Gasteiger partial charge in [-0.1, -0.05) is 36.6 Å². The lowest BCUT2D eigenvalue weighted by atomic mass is 9.91. The first-order chi connectivity index (χ1) is 13.4. The first kappa shape index (κ1) is 21.2. The monoisotopic (exact) mass is 407 g/mol. The summed E-state index contributed by atoms with van der Waals surface area (Å²) in [6, 6.07) is 7.71. The average Bonchev–Trinajstić information content (AvgIpc) is 3.21. The van der Waals surface area contributed by atoms with Crippen LogP contribution in [-0.4, -0.2) is 45.1 Å². The van der Waals surface area contributed by atoms with E-state index in [-0.39, 0.29) is 18.7 Å². The summed E-state index contributed by atoms with van der Waals surface area (Å²) in [7, 11) is -3.31. The molecule has 0 bridgehead atoms. The van der Waals surface area contributed by atoms with Crippen molar-refractivity contribution in [3.05, 3.63) is 36.2 Å². The van der Waals surface area contributed by atoms with Crippen molar-refractivity contribution < 1.29 is 19.1 Å². The highest BCUT2D eigenvalue weighted by Crippen LogP contribution is 2.45. The molecule has 1 saturated carbocycles. The highest BCUT2D eigenvalue weighted by atomic mass is 31.2. The fourth-order valence-corrected chi connectivity index (χ4v) is 6.02. The maximum Gasteiger partial charge on any atom is 0.257 e. The summed E-state index contributed by atoms with van der Waals surface area (Å²) in [5, 5.41) is 17.2. The van der Waals surface area contributed by atoms with Gasteiger partial charge in [0.05, 0.1) is 12.3 Å². The number of aliphatic hydroxyl groups excluding tert-OH is 1. The summed E-state index contributed by atoms with van der Waals surface area (Å²) >= 11 is 0. The molecule has 0 aliphatic heterocycles. The predicted molar refractivity (Wildman–Crippen MR) is 108 cm³/mol. The van der Waals surface area contributed by atoms with Gasteiger partial charge in [-0.05, 0) is 43.4 Å². The number of aliphatic hydroxyl groups is 1. The Kier molecular flexibility index (Phi) is 7.41. The summed E-state index contributed by atoms with van der Waals surface area (Å²) in [6.45, 7) is 2.25. The highest BCUT2D eigenvalue weighted by Gasteiger charge is 2.28. The first-order valence-corrected chi connectivity index (χ1v) is 12.1. The van der Waals surface area contributed by atoms with Gasteiger partial charge in [-0.25, -0.2) is 0 Å². The van der Waals surface area contributed by atoms with E-state index in [2.05, 4.69) is 15.5 Å². The molecule has 1 heterocycles. The number of nitrogens with one attached hydrogen (secondary N) is 1. The molecule has 8 heteroatoms.